The molecule has 0 bridgehead atoms. The summed E-state index contributed by atoms with van der Waals surface area (Å²) in [7, 11) is 1.52. The minimum absolute atomic E-state index is 0.0499. The second kappa shape index (κ2) is 9.75. The van der Waals surface area contributed by atoms with E-state index in [-0.39, 0.29) is 36.3 Å². The minimum Gasteiger partial charge on any atom is -0.496 e. The molecule has 2 aromatic carbocycles. The molecule has 1 atom stereocenters. The number of nitrogens with zero attached hydrogens (tertiary/aromatic N) is 2. The molecule has 0 fully saturated rings. The summed E-state index contributed by atoms with van der Waals surface area (Å²) in [6.45, 7) is 4.28. The van der Waals surface area contributed by atoms with Crippen molar-refractivity contribution in [3.63, 3.8) is 0 Å². The third-order valence-electron chi connectivity index (χ3n) is 6.00. The number of ether oxygens (including phenoxy) is 1. The number of carbonyl (C=O) groups excluding carboxylic acids is 2. The first-order valence-electron chi connectivity index (χ1n) is 11.0. The van der Waals surface area contributed by atoms with Crippen molar-refractivity contribution in [2.24, 2.45) is 0 Å². The maximum Gasteiger partial charge on any atom is 0.258 e. The average molecular weight is 467 g/mol. The van der Waals surface area contributed by atoms with Gasteiger partial charge in [-0.05, 0) is 67.1 Å². The molecule has 4 rings (SSSR count). The largest absolute Gasteiger partial charge is 0.496 e. The van der Waals surface area contributed by atoms with Crippen LogP contribution in [0.25, 0.3) is 0 Å². The van der Waals surface area contributed by atoms with E-state index in [4.69, 9.17) is 4.74 Å². The summed E-state index contributed by atoms with van der Waals surface area (Å²) in [6, 6.07) is 14.9. The van der Waals surface area contributed by atoms with Crippen molar-refractivity contribution >= 4 is 23.2 Å². The van der Waals surface area contributed by atoms with Crippen LogP contribution in [0.3, 0.4) is 0 Å². The highest BCUT2D eigenvalue weighted by Gasteiger charge is 2.34. The van der Waals surface area contributed by atoms with Gasteiger partial charge in [-0.15, -0.1) is 11.3 Å². The van der Waals surface area contributed by atoms with Crippen LogP contribution in [0.4, 0.5) is 4.39 Å². The average Bonchev–Trinajstić information content (AvgIpc) is 3.30. The SMILES string of the molecule is COc1ccccc1C(=O)N(CC(=O)N1CCc2sccc2C1c1ccc(F)cc1)C(C)C. The Morgan fingerprint density at radius 2 is 1.88 bits per heavy atom. The normalized spacial score (nSPS) is 15.3. The monoisotopic (exact) mass is 466 g/mol. The van der Waals surface area contributed by atoms with Crippen molar-refractivity contribution in [1.82, 2.24) is 9.80 Å². The van der Waals surface area contributed by atoms with E-state index in [2.05, 4.69) is 0 Å². The summed E-state index contributed by atoms with van der Waals surface area (Å²) < 4.78 is 18.9. The lowest BCUT2D eigenvalue weighted by molar-refractivity contribution is -0.134. The maximum atomic E-state index is 13.6. The molecule has 1 aromatic heterocycles. The quantitative estimate of drug-likeness (QED) is 0.518. The minimum atomic E-state index is -0.314. The first kappa shape index (κ1) is 23.0. The number of rotatable bonds is 6. The Morgan fingerprint density at radius 3 is 2.58 bits per heavy atom. The molecule has 2 amide bonds. The Hall–Kier alpha value is -3.19. The fourth-order valence-electron chi connectivity index (χ4n) is 4.29. The van der Waals surface area contributed by atoms with Crippen LogP contribution < -0.4 is 4.74 Å². The molecule has 0 radical (unpaired) electrons. The zero-order valence-electron chi connectivity index (χ0n) is 19.0. The highest BCUT2D eigenvalue weighted by atomic mass is 32.1. The molecule has 0 saturated heterocycles. The van der Waals surface area contributed by atoms with Gasteiger partial charge in [0.15, 0.2) is 0 Å². The maximum absolute atomic E-state index is 13.6. The number of methoxy groups -OCH3 is 1. The first-order chi connectivity index (χ1) is 15.9. The highest BCUT2D eigenvalue weighted by molar-refractivity contribution is 7.10. The second-order valence-electron chi connectivity index (χ2n) is 8.32. The van der Waals surface area contributed by atoms with Gasteiger partial charge in [-0.25, -0.2) is 4.39 Å². The van der Waals surface area contributed by atoms with Crippen molar-refractivity contribution in [3.05, 3.63) is 87.4 Å². The second-order valence-corrected chi connectivity index (χ2v) is 9.32. The van der Waals surface area contributed by atoms with Crippen LogP contribution in [0, 0.1) is 5.82 Å². The van der Waals surface area contributed by atoms with E-state index in [0.717, 1.165) is 17.5 Å². The van der Waals surface area contributed by atoms with Crippen LogP contribution >= 0.6 is 11.3 Å². The van der Waals surface area contributed by atoms with Crippen LogP contribution in [0.1, 0.15) is 46.3 Å². The molecular formula is C26H27FN2O3S. The summed E-state index contributed by atoms with van der Waals surface area (Å²) in [5, 5.41) is 2.03. The molecule has 33 heavy (non-hydrogen) atoms. The van der Waals surface area contributed by atoms with Crippen molar-refractivity contribution < 1.29 is 18.7 Å². The smallest absolute Gasteiger partial charge is 0.258 e. The molecule has 1 unspecified atom stereocenters. The van der Waals surface area contributed by atoms with E-state index in [1.807, 2.05) is 30.2 Å². The Balaban J connectivity index is 1.63. The van der Waals surface area contributed by atoms with Crippen molar-refractivity contribution in [1.29, 1.82) is 0 Å². The third-order valence-corrected chi connectivity index (χ3v) is 7.00. The number of thiophene rings is 1. The van der Waals surface area contributed by atoms with Gasteiger partial charge in [0.05, 0.1) is 18.7 Å². The zero-order chi connectivity index (χ0) is 23.5. The van der Waals surface area contributed by atoms with E-state index in [0.29, 0.717) is 17.9 Å². The Labute approximate surface area is 197 Å². The van der Waals surface area contributed by atoms with Gasteiger partial charge in [0.2, 0.25) is 5.91 Å². The molecule has 5 nitrogen and oxygen atoms in total. The van der Waals surface area contributed by atoms with E-state index in [1.165, 1.54) is 24.1 Å². The Kier molecular flexibility index (Phi) is 6.79. The summed E-state index contributed by atoms with van der Waals surface area (Å²) in [5.41, 5.74) is 2.35. The van der Waals surface area contributed by atoms with Gasteiger partial charge in [0.25, 0.3) is 5.91 Å². The molecule has 0 spiro atoms. The summed E-state index contributed by atoms with van der Waals surface area (Å²) in [4.78, 5) is 31.6. The van der Waals surface area contributed by atoms with Gasteiger partial charge in [0.1, 0.15) is 18.1 Å². The van der Waals surface area contributed by atoms with Gasteiger partial charge in [-0.3, -0.25) is 9.59 Å². The van der Waals surface area contributed by atoms with E-state index >= 15 is 0 Å². The van der Waals surface area contributed by atoms with Crippen LogP contribution in [0.2, 0.25) is 0 Å². The lowest BCUT2D eigenvalue weighted by Gasteiger charge is -2.38. The van der Waals surface area contributed by atoms with Crippen LogP contribution in [-0.4, -0.2) is 47.9 Å². The van der Waals surface area contributed by atoms with Gasteiger partial charge < -0.3 is 14.5 Å². The number of halogens is 1. The number of carbonyl (C=O) groups is 2. The molecule has 7 heteroatoms. The van der Waals surface area contributed by atoms with Crippen molar-refractivity contribution in [2.75, 3.05) is 20.2 Å². The summed E-state index contributed by atoms with van der Waals surface area (Å²) in [6.07, 6.45) is 0.762. The lowest BCUT2D eigenvalue weighted by atomic mass is 9.93. The molecular weight excluding hydrogens is 439 g/mol. The van der Waals surface area contributed by atoms with Crippen LogP contribution in [0.5, 0.6) is 5.75 Å². The molecule has 2 heterocycles. The molecule has 3 aromatic rings. The van der Waals surface area contributed by atoms with Crippen molar-refractivity contribution in [2.45, 2.75) is 32.4 Å². The standard InChI is InChI=1S/C26H27FN2O3S/c1-17(2)29(26(31)20-6-4-5-7-22(20)32-3)16-24(30)28-14-12-23-21(13-15-33-23)25(28)18-8-10-19(27)11-9-18/h4-11,13,15,17,25H,12,14,16H2,1-3H3. The molecule has 0 aliphatic carbocycles. The molecule has 172 valence electrons. The summed E-state index contributed by atoms with van der Waals surface area (Å²) >= 11 is 1.68. The van der Waals surface area contributed by atoms with Crippen molar-refractivity contribution in [3.8, 4) is 5.75 Å². The third kappa shape index (κ3) is 4.64. The van der Waals surface area contributed by atoms with Crippen LogP contribution in [0.15, 0.2) is 60.0 Å². The van der Waals surface area contributed by atoms with Gasteiger partial charge >= 0.3 is 0 Å². The summed E-state index contributed by atoms with van der Waals surface area (Å²) in [5.74, 6) is -0.225. The topological polar surface area (TPSA) is 49.9 Å². The number of amides is 2. The van der Waals surface area contributed by atoms with Crippen LogP contribution in [-0.2, 0) is 11.2 Å². The van der Waals surface area contributed by atoms with E-state index in [1.54, 1.807) is 52.6 Å². The molecule has 1 aliphatic heterocycles. The zero-order valence-corrected chi connectivity index (χ0v) is 19.8. The number of para-hydroxylation sites is 1. The fourth-order valence-corrected chi connectivity index (χ4v) is 5.19. The predicted octanol–water partition coefficient (Wildman–Crippen LogP) is 4.92. The van der Waals surface area contributed by atoms with Gasteiger partial charge in [-0.1, -0.05) is 24.3 Å². The molecule has 0 saturated carbocycles. The van der Waals surface area contributed by atoms with E-state index < -0.39 is 0 Å². The Morgan fingerprint density at radius 1 is 1.15 bits per heavy atom. The number of fused-ring (bicyclic) bond motifs is 1. The lowest BCUT2D eigenvalue weighted by Crippen LogP contribution is -2.48. The van der Waals surface area contributed by atoms with Gasteiger partial charge in [0, 0.05) is 17.5 Å². The van der Waals surface area contributed by atoms with E-state index in [9.17, 15) is 14.0 Å². The molecule has 0 N–H and O–H groups in total. The first-order valence-corrected chi connectivity index (χ1v) is 11.8. The molecule has 1 aliphatic rings. The fraction of sp³-hybridized carbons (Fsp3) is 0.308. The highest BCUT2D eigenvalue weighted by Crippen LogP contribution is 2.38. The number of hydrogen-bond acceptors (Lipinski definition) is 4. The van der Waals surface area contributed by atoms with Gasteiger partial charge in [-0.2, -0.15) is 0 Å². The Bertz CT molecular complexity index is 1140. The number of hydrogen-bond donors (Lipinski definition) is 0. The predicted molar refractivity (Wildman–Crippen MR) is 127 cm³/mol. The number of benzene rings is 2.